The van der Waals surface area contributed by atoms with Gasteiger partial charge >= 0.3 is 0 Å². The number of fused-ring (bicyclic) bond motifs is 2. The second kappa shape index (κ2) is 6.72. The number of benzene rings is 2. The van der Waals surface area contributed by atoms with Gasteiger partial charge in [-0.1, -0.05) is 29.8 Å². The lowest BCUT2D eigenvalue weighted by Crippen LogP contribution is -2.18. The molecule has 0 saturated heterocycles. The fraction of sp³-hybridized carbons (Fsp3) is 0.158. The molecule has 7 heteroatoms. The summed E-state index contributed by atoms with van der Waals surface area (Å²) in [7, 11) is 3.11. The molecule has 4 rings (SSSR count). The van der Waals surface area contributed by atoms with E-state index in [0.717, 1.165) is 17.0 Å². The Morgan fingerprint density at radius 3 is 2.42 bits per heavy atom. The summed E-state index contributed by atoms with van der Waals surface area (Å²) in [6.07, 6.45) is 0. The highest BCUT2D eigenvalue weighted by Crippen LogP contribution is 2.43. The molecule has 0 amide bonds. The molecule has 1 aromatic heterocycles. The molecule has 0 atom stereocenters. The summed E-state index contributed by atoms with van der Waals surface area (Å²) in [6, 6.07) is 14.9. The number of para-hydroxylation sites is 1. The molecule has 0 bridgehead atoms. The van der Waals surface area contributed by atoms with Crippen LogP contribution in [0, 0.1) is 0 Å². The number of hydrogen-bond donors (Lipinski definition) is 0. The summed E-state index contributed by atoms with van der Waals surface area (Å²) in [5, 5.41) is 0.590. The molecule has 0 N–H and O–H groups in total. The largest absolute Gasteiger partial charge is 0.481 e. The van der Waals surface area contributed by atoms with Crippen LogP contribution in [0.3, 0.4) is 0 Å². The highest BCUT2D eigenvalue weighted by atomic mass is 35.5. The van der Waals surface area contributed by atoms with Crippen molar-refractivity contribution < 1.29 is 14.2 Å². The van der Waals surface area contributed by atoms with Crippen LogP contribution in [-0.4, -0.2) is 24.2 Å². The Kier molecular flexibility index (Phi) is 4.26. The van der Waals surface area contributed by atoms with Crippen molar-refractivity contribution in [1.29, 1.82) is 0 Å². The summed E-state index contributed by atoms with van der Waals surface area (Å²) in [5.74, 6) is 2.69. The minimum absolute atomic E-state index is 0.417. The van der Waals surface area contributed by atoms with Crippen molar-refractivity contribution >= 4 is 23.2 Å². The normalized spacial score (nSPS) is 12.5. The van der Waals surface area contributed by atoms with Crippen LogP contribution in [0.4, 0.5) is 11.6 Å². The topological polar surface area (TPSA) is 56.7 Å². The fourth-order valence-electron chi connectivity index (χ4n) is 2.80. The van der Waals surface area contributed by atoms with Gasteiger partial charge < -0.3 is 19.1 Å². The summed E-state index contributed by atoms with van der Waals surface area (Å²) in [6.45, 7) is 0.529. The minimum atomic E-state index is 0.417. The van der Waals surface area contributed by atoms with Gasteiger partial charge in [-0.3, -0.25) is 0 Å². The molecule has 0 saturated carbocycles. The zero-order valence-electron chi connectivity index (χ0n) is 14.3. The maximum atomic E-state index is 6.18. The van der Waals surface area contributed by atoms with Crippen LogP contribution in [-0.2, 0) is 6.54 Å². The van der Waals surface area contributed by atoms with Gasteiger partial charge in [-0.15, -0.1) is 0 Å². The second-order valence-corrected chi connectivity index (χ2v) is 6.10. The lowest BCUT2D eigenvalue weighted by atomic mass is 10.2. The van der Waals surface area contributed by atoms with Gasteiger partial charge in [0.05, 0.1) is 32.5 Å². The van der Waals surface area contributed by atoms with E-state index in [0.29, 0.717) is 35.0 Å². The molecule has 132 valence electrons. The molecule has 1 aliphatic rings. The zero-order chi connectivity index (χ0) is 18.1. The van der Waals surface area contributed by atoms with E-state index >= 15 is 0 Å². The van der Waals surface area contributed by atoms with E-state index in [4.69, 9.17) is 25.8 Å². The first-order valence-electron chi connectivity index (χ1n) is 7.98. The molecule has 26 heavy (non-hydrogen) atoms. The number of rotatable bonds is 3. The number of anilines is 2. The average Bonchev–Trinajstić information content (AvgIpc) is 2.83. The van der Waals surface area contributed by atoms with E-state index in [1.165, 1.54) is 0 Å². The monoisotopic (exact) mass is 369 g/mol. The Morgan fingerprint density at radius 1 is 0.962 bits per heavy atom. The first-order chi connectivity index (χ1) is 12.7. The van der Waals surface area contributed by atoms with Crippen molar-refractivity contribution in [2.75, 3.05) is 19.1 Å². The number of aromatic nitrogens is 2. The van der Waals surface area contributed by atoms with Gasteiger partial charge in [0.15, 0.2) is 5.75 Å². The highest BCUT2D eigenvalue weighted by molar-refractivity contribution is 6.30. The minimum Gasteiger partial charge on any atom is -0.481 e. The van der Waals surface area contributed by atoms with Gasteiger partial charge in [-0.05, 0) is 18.2 Å². The van der Waals surface area contributed by atoms with Crippen molar-refractivity contribution in [1.82, 2.24) is 9.97 Å². The third-order valence-corrected chi connectivity index (χ3v) is 4.30. The lowest BCUT2D eigenvalue weighted by molar-refractivity contribution is 0.372. The van der Waals surface area contributed by atoms with Gasteiger partial charge in [-0.25, -0.2) is 0 Å². The van der Waals surface area contributed by atoms with Crippen LogP contribution in [0.25, 0.3) is 0 Å². The van der Waals surface area contributed by atoms with Gasteiger partial charge in [0, 0.05) is 16.7 Å². The number of methoxy groups -OCH3 is 2. The molecule has 0 unspecified atom stereocenters. The van der Waals surface area contributed by atoms with E-state index in [1.54, 1.807) is 26.4 Å². The third kappa shape index (κ3) is 2.99. The SMILES string of the molecule is COc1cc(OC)nc(N2Cc3ccccc3Oc3cc(Cl)ccc32)n1. The maximum Gasteiger partial charge on any atom is 0.236 e. The summed E-state index contributed by atoms with van der Waals surface area (Å²) >= 11 is 6.18. The Balaban J connectivity index is 1.90. The van der Waals surface area contributed by atoms with Crippen molar-refractivity contribution in [3.05, 3.63) is 59.1 Å². The summed E-state index contributed by atoms with van der Waals surface area (Å²) in [5.41, 5.74) is 1.81. The maximum absolute atomic E-state index is 6.18. The number of ether oxygens (including phenoxy) is 3. The Bertz CT molecular complexity index is 942. The van der Waals surface area contributed by atoms with Crippen LogP contribution in [0.2, 0.25) is 5.02 Å². The van der Waals surface area contributed by atoms with Crippen LogP contribution in [0.15, 0.2) is 48.5 Å². The average molecular weight is 370 g/mol. The zero-order valence-corrected chi connectivity index (χ0v) is 15.0. The van der Waals surface area contributed by atoms with Crippen LogP contribution in [0.1, 0.15) is 5.56 Å². The molecule has 0 fully saturated rings. The molecule has 2 heterocycles. The van der Waals surface area contributed by atoms with Crippen LogP contribution < -0.4 is 19.1 Å². The predicted octanol–water partition coefficient (Wildman–Crippen LogP) is 4.59. The molecular weight excluding hydrogens is 354 g/mol. The van der Waals surface area contributed by atoms with Gasteiger partial charge in [0.2, 0.25) is 17.7 Å². The standard InChI is InChI=1S/C19H16ClN3O3/c1-24-17-10-18(25-2)22-19(21-17)23-11-12-5-3-4-6-15(12)26-16-9-13(20)7-8-14(16)23/h3-10H,11H2,1-2H3. The molecule has 3 aromatic rings. The predicted molar refractivity (Wildman–Crippen MR) is 98.9 cm³/mol. The molecule has 1 aliphatic heterocycles. The Labute approximate surface area is 155 Å². The quantitative estimate of drug-likeness (QED) is 0.673. The van der Waals surface area contributed by atoms with E-state index < -0.39 is 0 Å². The van der Waals surface area contributed by atoms with Crippen molar-refractivity contribution in [3.8, 4) is 23.3 Å². The van der Waals surface area contributed by atoms with Crippen molar-refractivity contribution in [2.24, 2.45) is 0 Å². The van der Waals surface area contributed by atoms with E-state index in [9.17, 15) is 0 Å². The summed E-state index contributed by atoms with van der Waals surface area (Å²) in [4.78, 5) is 10.9. The number of nitrogens with zero attached hydrogens (tertiary/aromatic N) is 3. The molecule has 2 aromatic carbocycles. The van der Waals surface area contributed by atoms with Crippen LogP contribution >= 0.6 is 11.6 Å². The van der Waals surface area contributed by atoms with Crippen molar-refractivity contribution in [2.45, 2.75) is 6.54 Å². The second-order valence-electron chi connectivity index (χ2n) is 5.66. The van der Waals surface area contributed by atoms with Crippen LogP contribution in [0.5, 0.6) is 23.3 Å². The van der Waals surface area contributed by atoms with E-state index in [-0.39, 0.29) is 0 Å². The lowest BCUT2D eigenvalue weighted by Gasteiger charge is -2.22. The highest BCUT2D eigenvalue weighted by Gasteiger charge is 2.25. The van der Waals surface area contributed by atoms with Crippen molar-refractivity contribution in [3.63, 3.8) is 0 Å². The molecular formula is C19H16ClN3O3. The Morgan fingerprint density at radius 2 is 1.69 bits per heavy atom. The number of hydrogen-bond acceptors (Lipinski definition) is 6. The molecule has 6 nitrogen and oxygen atoms in total. The van der Waals surface area contributed by atoms with Gasteiger partial charge in [0.1, 0.15) is 5.75 Å². The van der Waals surface area contributed by atoms with Gasteiger partial charge in [0.25, 0.3) is 0 Å². The fourth-order valence-corrected chi connectivity index (χ4v) is 2.96. The Hall–Kier alpha value is -2.99. The molecule has 0 radical (unpaired) electrons. The smallest absolute Gasteiger partial charge is 0.236 e. The first kappa shape index (κ1) is 16.5. The molecule has 0 aliphatic carbocycles. The summed E-state index contributed by atoms with van der Waals surface area (Å²) < 4.78 is 16.7. The van der Waals surface area contributed by atoms with E-state index in [1.807, 2.05) is 41.3 Å². The first-order valence-corrected chi connectivity index (χ1v) is 8.35. The van der Waals surface area contributed by atoms with Gasteiger partial charge in [-0.2, -0.15) is 9.97 Å². The number of halogens is 1. The third-order valence-electron chi connectivity index (χ3n) is 4.06. The van der Waals surface area contributed by atoms with E-state index in [2.05, 4.69) is 9.97 Å². The molecule has 0 spiro atoms.